The van der Waals surface area contributed by atoms with Gasteiger partial charge in [-0.25, -0.2) is 9.48 Å². The molecule has 9 heteroatoms. The zero-order valence-electron chi connectivity index (χ0n) is 18.2. The van der Waals surface area contributed by atoms with Crippen LogP contribution < -0.4 is 10.9 Å². The van der Waals surface area contributed by atoms with Crippen molar-refractivity contribution in [2.75, 3.05) is 18.7 Å². The Morgan fingerprint density at radius 3 is 2.25 bits per heavy atom. The Morgan fingerprint density at radius 2 is 1.75 bits per heavy atom. The zero-order chi connectivity index (χ0) is 23.4. The SMILES string of the molecule is CCn1nc(-c2ccc([S+](C)[O-])cc2)c(C(C)=O)c(Nc2ccc(C(=O)OC)cc2)c1=O. The first-order chi connectivity index (χ1) is 15.3. The zero-order valence-corrected chi connectivity index (χ0v) is 19.0. The lowest BCUT2D eigenvalue weighted by atomic mass is 10.0. The second-order valence-corrected chi connectivity index (χ2v) is 8.33. The van der Waals surface area contributed by atoms with Crippen molar-refractivity contribution in [1.29, 1.82) is 0 Å². The molecule has 0 aliphatic rings. The Kier molecular flexibility index (Phi) is 7.12. The maximum Gasteiger partial charge on any atom is 0.337 e. The molecule has 0 radical (unpaired) electrons. The molecule has 1 aromatic heterocycles. The number of hydrogen-bond acceptors (Lipinski definition) is 7. The van der Waals surface area contributed by atoms with Crippen molar-refractivity contribution < 1.29 is 18.9 Å². The maximum atomic E-state index is 13.0. The van der Waals surface area contributed by atoms with E-state index in [1.807, 2.05) is 0 Å². The first-order valence-electron chi connectivity index (χ1n) is 9.82. The Balaban J connectivity index is 2.14. The molecular weight excluding hydrogens is 430 g/mol. The standard InChI is InChI=1S/C23H23N3O5S/c1-5-26-22(28)21(24-17-10-6-16(7-11-17)23(29)31-3)19(14(2)27)20(25-26)15-8-12-18(13-9-15)32(4)30/h6-13,24H,5H2,1-4H3. The number of benzene rings is 2. The molecule has 0 saturated heterocycles. The van der Waals surface area contributed by atoms with E-state index >= 15 is 0 Å². The Bertz CT molecular complexity index is 1200. The number of carbonyl (C=O) groups is 2. The Labute approximate surface area is 188 Å². The van der Waals surface area contributed by atoms with Crippen LogP contribution in [-0.4, -0.2) is 39.5 Å². The Morgan fingerprint density at radius 1 is 1.12 bits per heavy atom. The van der Waals surface area contributed by atoms with Gasteiger partial charge < -0.3 is 14.6 Å². The summed E-state index contributed by atoms with van der Waals surface area (Å²) < 4.78 is 17.7. The number of ketones is 1. The summed E-state index contributed by atoms with van der Waals surface area (Å²) in [5, 5.41) is 7.44. The summed E-state index contributed by atoms with van der Waals surface area (Å²) in [6.07, 6.45) is 1.58. The van der Waals surface area contributed by atoms with Crippen LogP contribution in [0.5, 0.6) is 0 Å². The van der Waals surface area contributed by atoms with Gasteiger partial charge in [0.1, 0.15) is 17.6 Å². The molecule has 3 rings (SSSR count). The highest BCUT2D eigenvalue weighted by Crippen LogP contribution is 2.28. The van der Waals surface area contributed by atoms with Crippen LogP contribution in [0.3, 0.4) is 0 Å². The lowest BCUT2D eigenvalue weighted by molar-refractivity contribution is 0.0600. The van der Waals surface area contributed by atoms with Gasteiger partial charge in [0.2, 0.25) is 0 Å². The highest BCUT2D eigenvalue weighted by molar-refractivity contribution is 7.90. The summed E-state index contributed by atoms with van der Waals surface area (Å²) in [6, 6.07) is 13.2. The van der Waals surface area contributed by atoms with Crippen molar-refractivity contribution >= 4 is 34.3 Å². The predicted octanol–water partition coefficient (Wildman–Crippen LogP) is 3.40. The second kappa shape index (κ2) is 9.80. The van der Waals surface area contributed by atoms with E-state index < -0.39 is 22.7 Å². The summed E-state index contributed by atoms with van der Waals surface area (Å²) in [7, 11) is 1.30. The highest BCUT2D eigenvalue weighted by atomic mass is 32.2. The Hall–Kier alpha value is -3.43. The number of anilines is 2. The predicted molar refractivity (Wildman–Crippen MR) is 123 cm³/mol. The van der Waals surface area contributed by atoms with E-state index in [0.717, 1.165) is 0 Å². The van der Waals surface area contributed by atoms with Gasteiger partial charge in [-0.2, -0.15) is 5.10 Å². The van der Waals surface area contributed by atoms with Gasteiger partial charge in [-0.1, -0.05) is 0 Å². The van der Waals surface area contributed by atoms with E-state index in [1.165, 1.54) is 18.7 Å². The minimum absolute atomic E-state index is 0.0957. The molecule has 0 fully saturated rings. The topological polar surface area (TPSA) is 113 Å². The molecule has 0 saturated carbocycles. The van der Waals surface area contributed by atoms with E-state index in [-0.39, 0.29) is 17.0 Å². The number of carbonyl (C=O) groups excluding carboxylic acids is 2. The summed E-state index contributed by atoms with van der Waals surface area (Å²) in [5.41, 5.74) is 1.66. The van der Waals surface area contributed by atoms with Crippen LogP contribution >= 0.6 is 0 Å². The van der Waals surface area contributed by atoms with Crippen molar-refractivity contribution in [3.8, 4) is 11.3 Å². The molecule has 0 amide bonds. The van der Waals surface area contributed by atoms with Crippen molar-refractivity contribution in [1.82, 2.24) is 9.78 Å². The smallest absolute Gasteiger partial charge is 0.337 e. The molecule has 1 heterocycles. The first-order valence-corrected chi connectivity index (χ1v) is 11.4. The van der Waals surface area contributed by atoms with Gasteiger partial charge in [-0.3, -0.25) is 9.59 Å². The minimum atomic E-state index is -1.14. The average molecular weight is 454 g/mol. The molecule has 1 atom stereocenters. The van der Waals surface area contributed by atoms with E-state index in [1.54, 1.807) is 61.7 Å². The molecule has 0 aliphatic carbocycles. The molecule has 1 unspecified atom stereocenters. The van der Waals surface area contributed by atoms with Crippen molar-refractivity contribution in [2.45, 2.75) is 25.3 Å². The number of methoxy groups -OCH3 is 1. The molecule has 3 aromatic rings. The molecule has 32 heavy (non-hydrogen) atoms. The summed E-state index contributed by atoms with van der Waals surface area (Å²) in [4.78, 5) is 38.0. The van der Waals surface area contributed by atoms with Crippen LogP contribution in [0.4, 0.5) is 11.4 Å². The molecular formula is C23H23N3O5S. The van der Waals surface area contributed by atoms with Gasteiger partial charge in [0.15, 0.2) is 10.7 Å². The summed E-state index contributed by atoms with van der Waals surface area (Å²) >= 11 is -1.14. The third-order valence-electron chi connectivity index (χ3n) is 4.84. The number of hydrogen-bond donors (Lipinski definition) is 1. The monoisotopic (exact) mass is 453 g/mol. The normalized spacial score (nSPS) is 11.7. The number of aromatic nitrogens is 2. The first kappa shape index (κ1) is 23.2. The summed E-state index contributed by atoms with van der Waals surface area (Å²) in [5.74, 6) is -0.804. The quantitative estimate of drug-likeness (QED) is 0.331. The third kappa shape index (κ3) is 4.74. The number of esters is 1. The van der Waals surface area contributed by atoms with Gasteiger partial charge in [-0.05, 0) is 73.6 Å². The molecule has 0 aliphatic heterocycles. The van der Waals surface area contributed by atoms with Crippen LogP contribution in [-0.2, 0) is 22.5 Å². The van der Waals surface area contributed by atoms with Crippen molar-refractivity contribution in [3.05, 3.63) is 70.0 Å². The molecule has 166 valence electrons. The summed E-state index contributed by atoms with van der Waals surface area (Å²) in [6.45, 7) is 3.46. The van der Waals surface area contributed by atoms with Crippen LogP contribution in [0, 0.1) is 0 Å². The fraction of sp³-hybridized carbons (Fsp3) is 0.217. The molecule has 8 nitrogen and oxygen atoms in total. The number of Topliss-reactive ketones (excluding diaryl/α,β-unsaturated/α-hetero) is 1. The number of nitrogens with one attached hydrogen (secondary N) is 1. The number of ether oxygens (including phenoxy) is 1. The lowest BCUT2D eigenvalue weighted by Gasteiger charge is -2.16. The van der Waals surface area contributed by atoms with Crippen LogP contribution in [0.25, 0.3) is 11.3 Å². The van der Waals surface area contributed by atoms with Crippen LogP contribution in [0.1, 0.15) is 34.6 Å². The van der Waals surface area contributed by atoms with Crippen LogP contribution in [0.2, 0.25) is 0 Å². The number of aryl methyl sites for hydroxylation is 1. The lowest BCUT2D eigenvalue weighted by Crippen LogP contribution is -2.28. The molecule has 0 bridgehead atoms. The largest absolute Gasteiger partial charge is 0.612 e. The van der Waals surface area contributed by atoms with Gasteiger partial charge >= 0.3 is 5.97 Å². The van der Waals surface area contributed by atoms with E-state index in [0.29, 0.717) is 33.9 Å². The van der Waals surface area contributed by atoms with Gasteiger partial charge in [0.05, 0.1) is 18.2 Å². The fourth-order valence-electron chi connectivity index (χ4n) is 3.20. The molecule has 2 aromatic carbocycles. The van der Waals surface area contributed by atoms with Crippen LogP contribution in [0.15, 0.2) is 58.2 Å². The molecule has 1 N–H and O–H groups in total. The van der Waals surface area contributed by atoms with Gasteiger partial charge in [0.25, 0.3) is 5.56 Å². The van der Waals surface area contributed by atoms with Gasteiger partial charge in [0, 0.05) is 17.8 Å². The van der Waals surface area contributed by atoms with E-state index in [2.05, 4.69) is 10.4 Å². The third-order valence-corrected chi connectivity index (χ3v) is 5.78. The van der Waals surface area contributed by atoms with Crippen molar-refractivity contribution in [3.63, 3.8) is 0 Å². The van der Waals surface area contributed by atoms with Crippen molar-refractivity contribution in [2.24, 2.45) is 0 Å². The van der Waals surface area contributed by atoms with E-state index in [9.17, 15) is 18.9 Å². The maximum absolute atomic E-state index is 13.0. The highest BCUT2D eigenvalue weighted by Gasteiger charge is 2.22. The van der Waals surface area contributed by atoms with E-state index in [4.69, 9.17) is 4.74 Å². The minimum Gasteiger partial charge on any atom is -0.612 e. The van der Waals surface area contributed by atoms with Gasteiger partial charge in [-0.15, -0.1) is 0 Å². The average Bonchev–Trinajstić information content (AvgIpc) is 2.79. The number of nitrogens with zero attached hydrogens (tertiary/aromatic N) is 2. The second-order valence-electron chi connectivity index (χ2n) is 6.95. The molecule has 0 spiro atoms. The fourth-order valence-corrected chi connectivity index (χ4v) is 3.72. The number of rotatable bonds is 7.